The van der Waals surface area contributed by atoms with Crippen molar-refractivity contribution in [2.24, 2.45) is 0 Å². The quantitative estimate of drug-likeness (QED) is 0.588. The van der Waals surface area contributed by atoms with Crippen LogP contribution in [0.4, 0.5) is 0 Å². The number of nitrogens with one attached hydrogen (secondary N) is 2. The zero-order valence-corrected chi connectivity index (χ0v) is 8.86. The molecular weight excluding hydrogens is 188 g/mol. The van der Waals surface area contributed by atoms with Gasteiger partial charge in [-0.1, -0.05) is 0 Å². The van der Waals surface area contributed by atoms with Gasteiger partial charge in [0.25, 0.3) is 0 Å². The lowest BCUT2D eigenvalue weighted by atomic mass is 10.2. The van der Waals surface area contributed by atoms with E-state index < -0.39 is 9.84 Å². The Hall–Kier alpha value is -0.130. The lowest BCUT2D eigenvalue weighted by Gasteiger charge is -2.09. The van der Waals surface area contributed by atoms with Gasteiger partial charge < -0.3 is 10.6 Å². The van der Waals surface area contributed by atoms with Crippen LogP contribution < -0.4 is 10.6 Å². The molecule has 1 unspecified atom stereocenters. The standard InChI is InChI=1S/C8H18N2O2S/c1-9-4-2-5-10-8-3-6-13(11,12)7-8/h8-10H,2-7H2,1H3. The van der Waals surface area contributed by atoms with Gasteiger partial charge in [0, 0.05) is 6.04 Å². The van der Waals surface area contributed by atoms with Crippen LogP contribution in [-0.2, 0) is 9.84 Å². The van der Waals surface area contributed by atoms with Crippen LogP contribution in [0.2, 0.25) is 0 Å². The largest absolute Gasteiger partial charge is 0.320 e. The molecule has 0 spiro atoms. The van der Waals surface area contributed by atoms with E-state index in [4.69, 9.17) is 0 Å². The Bertz CT molecular complexity index is 239. The first-order valence-electron chi connectivity index (χ1n) is 4.72. The third kappa shape index (κ3) is 4.06. The van der Waals surface area contributed by atoms with Gasteiger partial charge in [-0.2, -0.15) is 0 Å². The fraction of sp³-hybridized carbons (Fsp3) is 1.00. The average molecular weight is 206 g/mol. The highest BCUT2D eigenvalue weighted by Crippen LogP contribution is 2.10. The minimum atomic E-state index is -2.72. The number of rotatable bonds is 5. The Kier molecular flexibility index (Phi) is 4.15. The van der Waals surface area contributed by atoms with Crippen molar-refractivity contribution >= 4 is 9.84 Å². The van der Waals surface area contributed by atoms with Gasteiger partial charge in [-0.3, -0.25) is 0 Å². The highest BCUT2D eigenvalue weighted by atomic mass is 32.2. The van der Waals surface area contributed by atoms with Crippen molar-refractivity contribution < 1.29 is 8.42 Å². The molecule has 1 saturated heterocycles. The summed E-state index contributed by atoms with van der Waals surface area (Å²) in [4.78, 5) is 0. The topological polar surface area (TPSA) is 58.2 Å². The molecule has 2 N–H and O–H groups in total. The van der Waals surface area contributed by atoms with E-state index in [1.165, 1.54) is 0 Å². The summed E-state index contributed by atoms with van der Waals surface area (Å²) in [5.74, 6) is 0.684. The SMILES string of the molecule is CNCCCNC1CCS(=O)(=O)C1. The molecule has 1 rings (SSSR count). The molecule has 4 nitrogen and oxygen atoms in total. The second-order valence-corrected chi connectivity index (χ2v) is 5.74. The summed E-state index contributed by atoms with van der Waals surface area (Å²) < 4.78 is 22.2. The van der Waals surface area contributed by atoms with Crippen LogP contribution >= 0.6 is 0 Å². The molecule has 0 aliphatic carbocycles. The predicted molar refractivity (Wildman–Crippen MR) is 53.6 cm³/mol. The van der Waals surface area contributed by atoms with Gasteiger partial charge >= 0.3 is 0 Å². The number of hydrogen-bond acceptors (Lipinski definition) is 4. The van der Waals surface area contributed by atoms with Gasteiger partial charge in [-0.25, -0.2) is 8.42 Å². The van der Waals surface area contributed by atoms with Gasteiger partial charge in [-0.15, -0.1) is 0 Å². The first kappa shape index (κ1) is 10.9. The van der Waals surface area contributed by atoms with Crippen LogP contribution in [0.3, 0.4) is 0 Å². The summed E-state index contributed by atoms with van der Waals surface area (Å²) in [5.41, 5.74) is 0. The molecule has 13 heavy (non-hydrogen) atoms. The summed E-state index contributed by atoms with van der Waals surface area (Å²) in [7, 11) is -0.800. The maximum absolute atomic E-state index is 11.1. The Balaban J connectivity index is 2.11. The van der Waals surface area contributed by atoms with Gasteiger partial charge in [0.15, 0.2) is 9.84 Å². The normalized spacial score (nSPS) is 26.4. The molecule has 0 aromatic rings. The molecule has 0 amide bonds. The third-order valence-corrected chi connectivity index (χ3v) is 4.04. The van der Waals surface area contributed by atoms with Crippen molar-refractivity contribution in [3.05, 3.63) is 0 Å². The number of sulfone groups is 1. The minimum absolute atomic E-state index is 0.196. The van der Waals surface area contributed by atoms with E-state index in [1.807, 2.05) is 7.05 Å². The van der Waals surface area contributed by atoms with Crippen LogP contribution in [0.15, 0.2) is 0 Å². The molecule has 1 heterocycles. The minimum Gasteiger partial charge on any atom is -0.320 e. The van der Waals surface area contributed by atoms with E-state index in [2.05, 4.69) is 10.6 Å². The molecular formula is C8H18N2O2S. The fourth-order valence-electron chi connectivity index (χ4n) is 1.53. The van der Waals surface area contributed by atoms with Crippen LogP contribution in [0, 0.1) is 0 Å². The van der Waals surface area contributed by atoms with Crippen molar-refractivity contribution in [1.29, 1.82) is 0 Å². The molecule has 0 aromatic heterocycles. The average Bonchev–Trinajstić information content (AvgIpc) is 2.40. The predicted octanol–water partition coefficient (Wildman–Crippen LogP) is -0.627. The van der Waals surface area contributed by atoms with E-state index in [0.29, 0.717) is 11.5 Å². The summed E-state index contributed by atoms with van der Waals surface area (Å²) in [6, 6.07) is 0.196. The summed E-state index contributed by atoms with van der Waals surface area (Å²) in [6.45, 7) is 1.88. The Morgan fingerprint density at radius 1 is 1.38 bits per heavy atom. The molecule has 0 saturated carbocycles. The molecule has 78 valence electrons. The lowest BCUT2D eigenvalue weighted by molar-refractivity contribution is 0.535. The van der Waals surface area contributed by atoms with Crippen molar-refractivity contribution in [2.75, 3.05) is 31.6 Å². The van der Waals surface area contributed by atoms with Crippen LogP contribution in [0.1, 0.15) is 12.8 Å². The second-order valence-electron chi connectivity index (χ2n) is 3.51. The Morgan fingerprint density at radius 3 is 2.69 bits per heavy atom. The first-order valence-corrected chi connectivity index (χ1v) is 6.54. The summed E-state index contributed by atoms with van der Waals surface area (Å²) in [6.07, 6.45) is 1.83. The highest BCUT2D eigenvalue weighted by molar-refractivity contribution is 7.91. The molecule has 0 aromatic carbocycles. The smallest absolute Gasteiger partial charge is 0.151 e. The van der Waals surface area contributed by atoms with Crippen molar-refractivity contribution in [1.82, 2.24) is 10.6 Å². The molecule has 1 aliphatic heterocycles. The van der Waals surface area contributed by atoms with Crippen molar-refractivity contribution in [3.63, 3.8) is 0 Å². The monoisotopic (exact) mass is 206 g/mol. The van der Waals surface area contributed by atoms with Crippen molar-refractivity contribution in [3.8, 4) is 0 Å². The van der Waals surface area contributed by atoms with Gasteiger partial charge in [0.05, 0.1) is 11.5 Å². The zero-order valence-electron chi connectivity index (χ0n) is 8.04. The Labute approximate surface area is 80.0 Å². The van der Waals surface area contributed by atoms with Crippen LogP contribution in [0.25, 0.3) is 0 Å². The Morgan fingerprint density at radius 2 is 2.15 bits per heavy atom. The molecule has 0 radical (unpaired) electrons. The third-order valence-electron chi connectivity index (χ3n) is 2.27. The molecule has 1 atom stereocenters. The van der Waals surface area contributed by atoms with E-state index >= 15 is 0 Å². The fourth-order valence-corrected chi connectivity index (χ4v) is 3.24. The van der Waals surface area contributed by atoms with Crippen LogP contribution in [-0.4, -0.2) is 46.1 Å². The molecule has 1 aliphatic rings. The zero-order chi connectivity index (χ0) is 9.73. The maximum atomic E-state index is 11.1. The summed E-state index contributed by atoms with van der Waals surface area (Å²) in [5, 5.41) is 6.30. The van der Waals surface area contributed by atoms with Crippen molar-refractivity contribution in [2.45, 2.75) is 18.9 Å². The van der Waals surface area contributed by atoms with Crippen LogP contribution in [0.5, 0.6) is 0 Å². The highest BCUT2D eigenvalue weighted by Gasteiger charge is 2.26. The van der Waals surface area contributed by atoms with Gasteiger partial charge in [0.1, 0.15) is 0 Å². The number of hydrogen-bond donors (Lipinski definition) is 2. The maximum Gasteiger partial charge on any atom is 0.151 e. The molecule has 5 heteroatoms. The van der Waals surface area contributed by atoms with Gasteiger partial charge in [-0.05, 0) is 33.0 Å². The molecule has 0 bridgehead atoms. The van der Waals surface area contributed by atoms with E-state index in [9.17, 15) is 8.42 Å². The van der Waals surface area contributed by atoms with Gasteiger partial charge in [0.2, 0.25) is 0 Å². The second kappa shape index (κ2) is 4.93. The molecule has 1 fully saturated rings. The lowest BCUT2D eigenvalue weighted by Crippen LogP contribution is -2.32. The van der Waals surface area contributed by atoms with E-state index in [1.54, 1.807) is 0 Å². The van der Waals surface area contributed by atoms with E-state index in [0.717, 1.165) is 25.9 Å². The first-order chi connectivity index (χ1) is 6.14. The van der Waals surface area contributed by atoms with E-state index in [-0.39, 0.29) is 6.04 Å². The summed E-state index contributed by atoms with van der Waals surface area (Å²) >= 11 is 0.